The Balaban J connectivity index is 1.54. The van der Waals surface area contributed by atoms with Crippen LogP contribution in [0.4, 0.5) is 0 Å². The second kappa shape index (κ2) is 10.6. The van der Waals surface area contributed by atoms with Crippen LogP contribution in [0.5, 0.6) is 5.88 Å². The summed E-state index contributed by atoms with van der Waals surface area (Å²) in [6.45, 7) is 6.40. The maximum Gasteiger partial charge on any atom is 0.270 e. The molecule has 10 nitrogen and oxygen atoms in total. The monoisotopic (exact) mass is 502 g/mol. The molecule has 1 aromatic carbocycles. The van der Waals surface area contributed by atoms with Gasteiger partial charge in [0.1, 0.15) is 12.3 Å². The molecule has 0 unspecified atom stereocenters. The van der Waals surface area contributed by atoms with Gasteiger partial charge in [0, 0.05) is 37.3 Å². The average Bonchev–Trinajstić information content (AvgIpc) is 3.64. The van der Waals surface area contributed by atoms with E-state index in [1.807, 2.05) is 38.3 Å². The van der Waals surface area contributed by atoms with Crippen molar-refractivity contribution in [2.24, 2.45) is 17.8 Å². The highest BCUT2D eigenvalue weighted by Crippen LogP contribution is 2.32. The molecule has 0 spiro atoms. The van der Waals surface area contributed by atoms with E-state index in [0.717, 1.165) is 53.1 Å². The first kappa shape index (κ1) is 24.8. The summed E-state index contributed by atoms with van der Waals surface area (Å²) in [4.78, 5) is 22.1. The van der Waals surface area contributed by atoms with E-state index < -0.39 is 0 Å². The number of hydrogen-bond donors (Lipinski definition) is 2. The standard InChI is InChI=1S/C27H34N8O2/c1-18(29-10-13-35-11-4-5-12-35)20-7-9-24-21-16-19(6-8-23(21)31-32-24)22-17-30-34(3)27(22)37-15-14-33(2)26(36)25(20)28/h6-9,16-17H,4-5,10-15,28H2,1-3H3,(H,31,32)/b9-7+,25-20-,29-18?. The van der Waals surface area contributed by atoms with Crippen molar-refractivity contribution in [2.75, 3.05) is 46.4 Å². The van der Waals surface area contributed by atoms with Gasteiger partial charge in [-0.3, -0.25) is 14.9 Å². The van der Waals surface area contributed by atoms with Crippen LogP contribution in [0.2, 0.25) is 0 Å². The van der Waals surface area contributed by atoms with Crippen LogP contribution in [0.25, 0.3) is 28.1 Å². The Morgan fingerprint density at radius 1 is 1.19 bits per heavy atom. The number of carbonyl (C=O) groups is 1. The second-order valence-electron chi connectivity index (χ2n) is 9.61. The number of aromatic amines is 1. The molecule has 0 aliphatic carbocycles. The molecule has 37 heavy (non-hydrogen) atoms. The van der Waals surface area contributed by atoms with Gasteiger partial charge >= 0.3 is 0 Å². The first-order valence-corrected chi connectivity index (χ1v) is 12.7. The summed E-state index contributed by atoms with van der Waals surface area (Å²) < 4.78 is 7.79. The van der Waals surface area contributed by atoms with Gasteiger partial charge in [0.05, 0.1) is 36.1 Å². The van der Waals surface area contributed by atoms with Gasteiger partial charge in [0.15, 0.2) is 0 Å². The van der Waals surface area contributed by atoms with E-state index in [-0.39, 0.29) is 11.6 Å². The summed E-state index contributed by atoms with van der Waals surface area (Å²) in [7, 11) is 3.56. The van der Waals surface area contributed by atoms with E-state index in [4.69, 9.17) is 15.5 Å². The SMILES string of the molecule is CC(=NCCN1CCCC1)C1=C(\N)C(=O)N(C)CCOc2c(cnn2C)-c2ccc3n[nH]c(c3c2)\C=C\1. The fourth-order valence-corrected chi connectivity index (χ4v) is 4.84. The van der Waals surface area contributed by atoms with Gasteiger partial charge in [0.2, 0.25) is 5.88 Å². The highest BCUT2D eigenvalue weighted by molar-refractivity contribution is 6.09. The zero-order valence-electron chi connectivity index (χ0n) is 21.7. The van der Waals surface area contributed by atoms with Gasteiger partial charge in [-0.15, -0.1) is 0 Å². The van der Waals surface area contributed by atoms with Crippen molar-refractivity contribution >= 4 is 28.6 Å². The van der Waals surface area contributed by atoms with E-state index in [9.17, 15) is 4.79 Å². The third kappa shape index (κ3) is 5.15. The number of likely N-dealkylation sites (tertiary alicyclic amines) is 1. The van der Waals surface area contributed by atoms with Crippen LogP contribution in [0, 0.1) is 0 Å². The molecule has 0 atom stereocenters. The van der Waals surface area contributed by atoms with Gasteiger partial charge in [0.25, 0.3) is 5.91 Å². The van der Waals surface area contributed by atoms with Crippen LogP contribution in [0.3, 0.4) is 0 Å². The summed E-state index contributed by atoms with van der Waals surface area (Å²) in [5.41, 5.74) is 11.5. The van der Waals surface area contributed by atoms with Crippen LogP contribution >= 0.6 is 0 Å². The number of likely N-dealkylation sites (N-methyl/N-ethyl adjacent to an activating group) is 1. The lowest BCUT2D eigenvalue weighted by molar-refractivity contribution is -0.126. The zero-order chi connectivity index (χ0) is 25.9. The van der Waals surface area contributed by atoms with Gasteiger partial charge in [-0.05, 0) is 62.7 Å². The number of hydrogen-bond acceptors (Lipinski definition) is 7. The number of benzene rings is 1. The summed E-state index contributed by atoms with van der Waals surface area (Å²) >= 11 is 0. The summed E-state index contributed by atoms with van der Waals surface area (Å²) in [5.74, 6) is 0.369. The smallest absolute Gasteiger partial charge is 0.270 e. The quantitative estimate of drug-likeness (QED) is 0.530. The molecular formula is C27H34N8O2. The number of H-pyrrole nitrogens is 1. The Hall–Kier alpha value is -3.92. The predicted octanol–water partition coefficient (Wildman–Crippen LogP) is 2.60. The fourth-order valence-electron chi connectivity index (χ4n) is 4.84. The third-order valence-electron chi connectivity index (χ3n) is 7.08. The lowest BCUT2D eigenvalue weighted by Gasteiger charge is -2.19. The molecule has 10 heteroatoms. The number of rotatable bonds is 4. The van der Waals surface area contributed by atoms with Crippen LogP contribution in [-0.2, 0) is 11.8 Å². The molecule has 2 aromatic heterocycles. The van der Waals surface area contributed by atoms with Crippen molar-refractivity contribution < 1.29 is 9.53 Å². The van der Waals surface area contributed by atoms with E-state index >= 15 is 0 Å². The number of amides is 1. The number of allylic oxidation sites excluding steroid dienone is 2. The molecule has 1 amide bonds. The normalized spacial score (nSPS) is 20.7. The average molecular weight is 503 g/mol. The first-order chi connectivity index (χ1) is 17.9. The molecule has 4 heterocycles. The Labute approximate surface area is 216 Å². The summed E-state index contributed by atoms with van der Waals surface area (Å²) in [6, 6.07) is 6.05. The number of ether oxygens (including phenoxy) is 1. The van der Waals surface area contributed by atoms with Crippen molar-refractivity contribution in [3.63, 3.8) is 0 Å². The third-order valence-corrected chi connectivity index (χ3v) is 7.08. The summed E-state index contributed by atoms with van der Waals surface area (Å²) in [5, 5.41) is 12.9. The number of nitrogens with two attached hydrogens (primary N) is 1. The van der Waals surface area contributed by atoms with E-state index in [2.05, 4.69) is 26.3 Å². The Bertz CT molecular complexity index is 1390. The first-order valence-electron chi connectivity index (χ1n) is 12.7. The molecule has 2 aliphatic rings. The van der Waals surface area contributed by atoms with Crippen molar-refractivity contribution in [2.45, 2.75) is 19.8 Å². The minimum atomic E-state index is -0.271. The number of aromatic nitrogens is 4. The zero-order valence-corrected chi connectivity index (χ0v) is 21.7. The van der Waals surface area contributed by atoms with E-state index in [0.29, 0.717) is 31.1 Å². The minimum absolute atomic E-state index is 0.154. The number of fused-ring (bicyclic) bond motifs is 3. The maximum atomic E-state index is 13.3. The van der Waals surface area contributed by atoms with Crippen molar-refractivity contribution in [3.05, 3.63) is 47.4 Å². The second-order valence-corrected chi connectivity index (χ2v) is 9.61. The highest BCUT2D eigenvalue weighted by Gasteiger charge is 2.20. The molecule has 0 saturated carbocycles. The largest absolute Gasteiger partial charge is 0.476 e. The molecule has 3 N–H and O–H groups in total. The molecule has 3 aromatic rings. The van der Waals surface area contributed by atoms with Crippen molar-refractivity contribution in [1.82, 2.24) is 29.8 Å². The molecule has 194 valence electrons. The molecule has 1 fully saturated rings. The predicted molar refractivity (Wildman–Crippen MR) is 145 cm³/mol. The van der Waals surface area contributed by atoms with Gasteiger partial charge in [-0.1, -0.05) is 6.07 Å². The fraction of sp³-hybridized carbons (Fsp3) is 0.407. The van der Waals surface area contributed by atoms with Crippen LogP contribution in [0.1, 0.15) is 25.5 Å². The molecule has 5 rings (SSSR count). The highest BCUT2D eigenvalue weighted by atomic mass is 16.5. The minimum Gasteiger partial charge on any atom is -0.476 e. The number of aryl methyl sites for hydroxylation is 1. The molecule has 1 saturated heterocycles. The lowest BCUT2D eigenvalue weighted by Crippen LogP contribution is -2.35. The topological polar surface area (TPSA) is 118 Å². The van der Waals surface area contributed by atoms with Gasteiger partial charge in [-0.2, -0.15) is 10.2 Å². The molecule has 0 radical (unpaired) electrons. The van der Waals surface area contributed by atoms with Crippen LogP contribution < -0.4 is 10.5 Å². The number of aliphatic imine (C=N–C) groups is 1. The van der Waals surface area contributed by atoms with Crippen LogP contribution in [-0.4, -0.2) is 87.8 Å². The van der Waals surface area contributed by atoms with Crippen molar-refractivity contribution in [3.8, 4) is 17.0 Å². The summed E-state index contributed by atoms with van der Waals surface area (Å²) in [6.07, 6.45) is 8.05. The van der Waals surface area contributed by atoms with Gasteiger partial charge in [-0.25, -0.2) is 4.68 Å². The number of nitrogens with one attached hydrogen (secondary N) is 1. The van der Waals surface area contributed by atoms with E-state index in [1.165, 1.54) is 12.8 Å². The number of carbonyl (C=O) groups excluding carboxylic acids is 1. The Morgan fingerprint density at radius 3 is 2.81 bits per heavy atom. The van der Waals surface area contributed by atoms with Crippen LogP contribution in [0.15, 0.2) is 46.7 Å². The van der Waals surface area contributed by atoms with Gasteiger partial charge < -0.3 is 20.3 Å². The molecule has 2 bridgehead atoms. The lowest BCUT2D eigenvalue weighted by atomic mass is 10.0. The van der Waals surface area contributed by atoms with Crippen molar-refractivity contribution in [1.29, 1.82) is 0 Å². The van der Waals surface area contributed by atoms with E-state index in [1.54, 1.807) is 22.8 Å². The Morgan fingerprint density at radius 2 is 2.00 bits per heavy atom. The molecular weight excluding hydrogens is 468 g/mol. The Kier molecular flexibility index (Phi) is 7.09. The number of nitrogens with zero attached hydrogens (tertiary/aromatic N) is 6. The maximum absolute atomic E-state index is 13.3. The molecule has 2 aliphatic heterocycles.